The maximum absolute atomic E-state index is 12.8. The number of hydrazone groups is 1. The number of imidazole rings is 1. The normalized spacial score (nSPS) is 21.2. The van der Waals surface area contributed by atoms with E-state index in [2.05, 4.69) is 21.8 Å². The van der Waals surface area contributed by atoms with Crippen LogP contribution in [0.25, 0.3) is 11.2 Å². The van der Waals surface area contributed by atoms with Crippen molar-refractivity contribution in [2.45, 2.75) is 19.9 Å². The molecule has 0 bridgehead atoms. The monoisotopic (exact) mass is 388 g/mol. The smallest absolute Gasteiger partial charge is 0.304 e. The molecule has 152 valence electrons. The second-order valence-corrected chi connectivity index (χ2v) is 7.85. The minimum atomic E-state index is -0.373. The molecule has 0 saturated carbocycles. The molecule has 2 aliphatic rings. The zero-order valence-electron chi connectivity index (χ0n) is 17.2. The van der Waals surface area contributed by atoms with Crippen molar-refractivity contribution in [3.05, 3.63) is 20.8 Å². The van der Waals surface area contributed by atoms with Gasteiger partial charge in [0.05, 0.1) is 18.3 Å². The SMILES string of the molecule is CC1=NN(CCN2CCN(C)CC2)c2nc3c(c(=O)n(C)c(=O)n3C)n2[C@@H]1C. The highest BCUT2D eigenvalue weighted by molar-refractivity contribution is 5.91. The number of aromatic nitrogens is 4. The Morgan fingerprint density at radius 1 is 1.00 bits per heavy atom. The van der Waals surface area contributed by atoms with Crippen LogP contribution in [0.1, 0.15) is 19.9 Å². The van der Waals surface area contributed by atoms with Crippen LogP contribution < -0.4 is 16.3 Å². The van der Waals surface area contributed by atoms with Gasteiger partial charge in [-0.25, -0.2) is 9.80 Å². The van der Waals surface area contributed by atoms with Gasteiger partial charge in [0, 0.05) is 46.8 Å². The minimum absolute atomic E-state index is 0.0925. The topological polar surface area (TPSA) is 83.9 Å². The summed E-state index contributed by atoms with van der Waals surface area (Å²) in [6.45, 7) is 9.74. The van der Waals surface area contributed by atoms with Crippen LogP contribution in [-0.4, -0.2) is 80.5 Å². The van der Waals surface area contributed by atoms with Crippen molar-refractivity contribution >= 4 is 22.8 Å². The summed E-state index contributed by atoms with van der Waals surface area (Å²) in [4.78, 5) is 34.6. The van der Waals surface area contributed by atoms with Gasteiger partial charge >= 0.3 is 5.69 Å². The molecule has 2 aromatic rings. The van der Waals surface area contributed by atoms with E-state index in [1.54, 1.807) is 7.05 Å². The summed E-state index contributed by atoms with van der Waals surface area (Å²) in [7, 11) is 5.30. The molecule has 0 aromatic carbocycles. The fourth-order valence-corrected chi connectivity index (χ4v) is 3.92. The van der Waals surface area contributed by atoms with E-state index in [0.29, 0.717) is 23.7 Å². The Kier molecular flexibility index (Phi) is 4.62. The van der Waals surface area contributed by atoms with E-state index in [9.17, 15) is 9.59 Å². The third kappa shape index (κ3) is 2.87. The van der Waals surface area contributed by atoms with E-state index in [0.717, 1.165) is 43.0 Å². The summed E-state index contributed by atoms with van der Waals surface area (Å²) in [6.07, 6.45) is 0. The number of hydrogen-bond acceptors (Lipinski definition) is 7. The number of likely N-dealkylation sites (N-methyl/N-ethyl adjacent to an activating group) is 1. The molecule has 1 saturated heterocycles. The second-order valence-electron chi connectivity index (χ2n) is 7.85. The number of fused-ring (bicyclic) bond motifs is 3. The van der Waals surface area contributed by atoms with Crippen molar-refractivity contribution in [3.63, 3.8) is 0 Å². The number of rotatable bonds is 3. The molecule has 0 amide bonds. The lowest BCUT2D eigenvalue weighted by atomic mass is 10.2. The van der Waals surface area contributed by atoms with E-state index >= 15 is 0 Å². The van der Waals surface area contributed by atoms with Crippen molar-refractivity contribution < 1.29 is 0 Å². The van der Waals surface area contributed by atoms with E-state index in [1.807, 2.05) is 23.4 Å². The van der Waals surface area contributed by atoms with Gasteiger partial charge in [0.15, 0.2) is 11.2 Å². The van der Waals surface area contributed by atoms with Crippen LogP contribution >= 0.6 is 0 Å². The fourth-order valence-electron chi connectivity index (χ4n) is 3.92. The van der Waals surface area contributed by atoms with Gasteiger partial charge in [0.1, 0.15) is 0 Å². The van der Waals surface area contributed by atoms with Gasteiger partial charge in [-0.1, -0.05) is 0 Å². The Morgan fingerprint density at radius 3 is 2.36 bits per heavy atom. The zero-order chi connectivity index (χ0) is 20.2. The molecule has 10 heteroatoms. The molecule has 28 heavy (non-hydrogen) atoms. The summed E-state index contributed by atoms with van der Waals surface area (Å²) < 4.78 is 4.49. The molecule has 0 aliphatic carbocycles. The van der Waals surface area contributed by atoms with Gasteiger partial charge in [-0.2, -0.15) is 10.1 Å². The standard InChI is InChI=1S/C18H28N8O2/c1-12-13(2)26-14-15(22(4)18(28)23(5)16(14)27)19-17(26)25(20-12)11-10-24-8-6-21(3)7-9-24/h13H,6-11H2,1-5H3/t13-/m1/s1. The molecule has 4 rings (SSSR count). The molecule has 1 atom stereocenters. The molecule has 1 fully saturated rings. The Labute approximate surface area is 163 Å². The number of hydrogen-bond donors (Lipinski definition) is 0. The third-order valence-electron chi connectivity index (χ3n) is 6.00. The first kappa shape index (κ1) is 18.9. The van der Waals surface area contributed by atoms with E-state index in [1.165, 1.54) is 11.6 Å². The molecule has 4 heterocycles. The maximum atomic E-state index is 12.8. The minimum Gasteiger partial charge on any atom is -0.304 e. The molecular weight excluding hydrogens is 360 g/mol. The lowest BCUT2D eigenvalue weighted by Crippen LogP contribution is -2.47. The van der Waals surface area contributed by atoms with E-state index in [4.69, 9.17) is 5.10 Å². The summed E-state index contributed by atoms with van der Waals surface area (Å²) >= 11 is 0. The first-order chi connectivity index (χ1) is 13.3. The average molecular weight is 388 g/mol. The molecule has 2 aliphatic heterocycles. The van der Waals surface area contributed by atoms with Crippen molar-refractivity contribution in [3.8, 4) is 0 Å². The van der Waals surface area contributed by atoms with Gasteiger partial charge < -0.3 is 4.90 Å². The molecule has 0 N–H and O–H groups in total. The highest BCUT2D eigenvalue weighted by atomic mass is 16.2. The first-order valence-electron chi connectivity index (χ1n) is 9.71. The van der Waals surface area contributed by atoms with Gasteiger partial charge in [-0.3, -0.25) is 23.4 Å². The summed E-state index contributed by atoms with van der Waals surface area (Å²) in [5.74, 6) is 0.625. The summed E-state index contributed by atoms with van der Waals surface area (Å²) in [5, 5.41) is 6.61. The van der Waals surface area contributed by atoms with Gasteiger partial charge in [0.2, 0.25) is 5.95 Å². The third-order valence-corrected chi connectivity index (χ3v) is 6.00. The highest BCUT2D eigenvalue weighted by Crippen LogP contribution is 2.29. The fraction of sp³-hybridized carbons (Fsp3) is 0.667. The number of nitrogens with zero attached hydrogens (tertiary/aromatic N) is 8. The number of anilines is 1. The van der Waals surface area contributed by atoms with Crippen LogP contribution in [0.3, 0.4) is 0 Å². The van der Waals surface area contributed by atoms with Crippen molar-refractivity contribution in [1.82, 2.24) is 28.5 Å². The van der Waals surface area contributed by atoms with Crippen LogP contribution in [0.4, 0.5) is 5.95 Å². The lowest BCUT2D eigenvalue weighted by molar-refractivity contribution is 0.156. The van der Waals surface area contributed by atoms with Crippen LogP contribution in [0.2, 0.25) is 0 Å². The quantitative estimate of drug-likeness (QED) is 0.701. The van der Waals surface area contributed by atoms with E-state index < -0.39 is 0 Å². The number of aryl methyl sites for hydroxylation is 1. The van der Waals surface area contributed by atoms with Crippen LogP contribution in [0.5, 0.6) is 0 Å². The predicted octanol–water partition coefficient (Wildman–Crippen LogP) is -0.562. The Balaban J connectivity index is 1.74. The highest BCUT2D eigenvalue weighted by Gasteiger charge is 2.30. The van der Waals surface area contributed by atoms with Crippen LogP contribution in [0, 0.1) is 0 Å². The van der Waals surface area contributed by atoms with E-state index in [-0.39, 0.29) is 17.3 Å². The average Bonchev–Trinajstić information content (AvgIpc) is 3.09. The summed E-state index contributed by atoms with van der Waals surface area (Å²) in [6, 6.07) is -0.0925. The lowest BCUT2D eigenvalue weighted by Gasteiger charge is -2.34. The van der Waals surface area contributed by atoms with Crippen molar-refractivity contribution in [2.75, 3.05) is 51.3 Å². The molecule has 0 radical (unpaired) electrons. The molecule has 0 unspecified atom stereocenters. The second kappa shape index (κ2) is 6.85. The van der Waals surface area contributed by atoms with Gasteiger partial charge in [-0.05, 0) is 20.9 Å². The molecule has 0 spiro atoms. The van der Waals surface area contributed by atoms with Crippen LogP contribution in [-0.2, 0) is 14.1 Å². The summed E-state index contributed by atoms with van der Waals surface area (Å²) in [5.41, 5.74) is 1.08. The van der Waals surface area contributed by atoms with Crippen molar-refractivity contribution in [2.24, 2.45) is 19.2 Å². The molecule has 10 nitrogen and oxygen atoms in total. The Morgan fingerprint density at radius 2 is 1.68 bits per heavy atom. The van der Waals surface area contributed by atoms with Crippen LogP contribution in [0.15, 0.2) is 14.7 Å². The first-order valence-corrected chi connectivity index (χ1v) is 9.71. The molecular formula is C18H28N8O2. The number of piperazine rings is 1. The van der Waals surface area contributed by atoms with Crippen molar-refractivity contribution in [1.29, 1.82) is 0 Å². The predicted molar refractivity (Wildman–Crippen MR) is 109 cm³/mol. The van der Waals surface area contributed by atoms with Gasteiger partial charge in [-0.15, -0.1) is 0 Å². The Bertz CT molecular complexity index is 1050. The largest absolute Gasteiger partial charge is 0.332 e. The Hall–Kier alpha value is -2.46. The molecule has 2 aromatic heterocycles. The maximum Gasteiger partial charge on any atom is 0.332 e. The van der Waals surface area contributed by atoms with Gasteiger partial charge in [0.25, 0.3) is 5.56 Å². The zero-order valence-corrected chi connectivity index (χ0v) is 17.2.